The zero-order valence-electron chi connectivity index (χ0n) is 11.5. The van der Waals surface area contributed by atoms with Crippen LogP contribution in [0.1, 0.15) is 6.92 Å². The highest BCUT2D eigenvalue weighted by Gasteiger charge is 2.32. The number of hydrogen-bond donors (Lipinski definition) is 1. The third kappa shape index (κ3) is 3.50. The second-order valence-electron chi connectivity index (χ2n) is 4.99. The lowest BCUT2D eigenvalue weighted by Crippen LogP contribution is -3.17. The van der Waals surface area contributed by atoms with Crippen LogP contribution in [0.4, 0.5) is 0 Å². The molecular formula is C13H16Cl2N3O2S+. The lowest BCUT2D eigenvalue weighted by atomic mass is 10.2. The Balaban J connectivity index is 2.15. The summed E-state index contributed by atoms with van der Waals surface area (Å²) in [5.74, 6) is 0. The fraction of sp³-hybridized carbons (Fsp3) is 0.462. The van der Waals surface area contributed by atoms with Gasteiger partial charge in [0, 0.05) is 6.92 Å². The summed E-state index contributed by atoms with van der Waals surface area (Å²) in [6, 6.07) is 6.38. The average molecular weight is 349 g/mol. The van der Waals surface area contributed by atoms with Gasteiger partial charge in [0.15, 0.2) is 6.04 Å². The van der Waals surface area contributed by atoms with Gasteiger partial charge in [0.25, 0.3) is 0 Å². The zero-order valence-corrected chi connectivity index (χ0v) is 13.8. The number of rotatable bonds is 3. The summed E-state index contributed by atoms with van der Waals surface area (Å²) >= 11 is 11.7. The Bertz CT molecular complexity index is 664. The molecule has 1 heterocycles. The van der Waals surface area contributed by atoms with Gasteiger partial charge in [-0.05, 0) is 18.2 Å². The Hall–Kier alpha value is -0.840. The van der Waals surface area contributed by atoms with Crippen molar-refractivity contribution in [2.45, 2.75) is 17.9 Å². The summed E-state index contributed by atoms with van der Waals surface area (Å²) in [5, 5.41) is 9.47. The number of piperazine rings is 1. The van der Waals surface area contributed by atoms with Gasteiger partial charge in [-0.1, -0.05) is 23.2 Å². The molecule has 1 aliphatic rings. The van der Waals surface area contributed by atoms with Crippen molar-refractivity contribution in [3.63, 3.8) is 0 Å². The highest BCUT2D eigenvalue weighted by atomic mass is 35.5. The van der Waals surface area contributed by atoms with Crippen LogP contribution in [-0.4, -0.2) is 44.9 Å². The van der Waals surface area contributed by atoms with Crippen LogP contribution in [0, 0.1) is 11.3 Å². The van der Waals surface area contributed by atoms with Crippen molar-refractivity contribution >= 4 is 33.2 Å². The number of sulfonamides is 1. The van der Waals surface area contributed by atoms with Gasteiger partial charge in [0.1, 0.15) is 6.07 Å². The van der Waals surface area contributed by atoms with Crippen molar-refractivity contribution in [3.8, 4) is 6.07 Å². The van der Waals surface area contributed by atoms with Crippen LogP contribution in [0.5, 0.6) is 0 Å². The molecule has 1 atom stereocenters. The Labute approximate surface area is 134 Å². The number of halogens is 2. The molecule has 1 aromatic carbocycles. The van der Waals surface area contributed by atoms with E-state index in [-0.39, 0.29) is 16.0 Å². The number of nitrogens with one attached hydrogen (secondary N) is 1. The molecule has 5 nitrogen and oxygen atoms in total. The molecule has 21 heavy (non-hydrogen) atoms. The second-order valence-corrected chi connectivity index (χ2v) is 7.74. The predicted molar refractivity (Wildman–Crippen MR) is 81.0 cm³/mol. The monoisotopic (exact) mass is 348 g/mol. The van der Waals surface area contributed by atoms with Crippen molar-refractivity contribution in [1.29, 1.82) is 5.26 Å². The van der Waals surface area contributed by atoms with Crippen molar-refractivity contribution < 1.29 is 13.3 Å². The van der Waals surface area contributed by atoms with Crippen LogP contribution in [-0.2, 0) is 10.0 Å². The Morgan fingerprint density at radius 3 is 2.43 bits per heavy atom. The van der Waals surface area contributed by atoms with Gasteiger partial charge in [0.05, 0.1) is 41.1 Å². The minimum absolute atomic E-state index is 0.125. The first-order valence-electron chi connectivity index (χ1n) is 6.55. The van der Waals surface area contributed by atoms with Gasteiger partial charge in [-0.15, -0.1) is 0 Å². The molecule has 0 bridgehead atoms. The van der Waals surface area contributed by atoms with E-state index >= 15 is 0 Å². The molecule has 0 spiro atoms. The van der Waals surface area contributed by atoms with Crippen LogP contribution in [0.2, 0.25) is 10.0 Å². The average Bonchev–Trinajstić information content (AvgIpc) is 2.49. The zero-order chi connectivity index (χ0) is 15.6. The molecule has 114 valence electrons. The van der Waals surface area contributed by atoms with Gasteiger partial charge in [-0.25, -0.2) is 8.42 Å². The molecular weight excluding hydrogens is 333 g/mol. The van der Waals surface area contributed by atoms with Crippen molar-refractivity contribution in [2.24, 2.45) is 0 Å². The summed E-state index contributed by atoms with van der Waals surface area (Å²) in [6.45, 7) is 3.87. The number of nitrogens with zero attached hydrogens (tertiary/aromatic N) is 2. The molecule has 1 fully saturated rings. The molecule has 0 saturated carbocycles. The van der Waals surface area contributed by atoms with E-state index in [4.69, 9.17) is 28.5 Å². The second kappa shape index (κ2) is 6.51. The lowest BCUT2D eigenvalue weighted by Gasteiger charge is -2.32. The standard InChI is InChI=1S/C13H15Cl2N3O2S/c1-10(9-16)17-4-6-18(7-5-17)21(19,20)11-2-3-12(14)13(15)8-11/h2-3,8,10H,4-7H2,1H3/p+1/t10-/m1/s1. The number of benzene rings is 1. The largest absolute Gasteiger partial charge is 0.319 e. The number of hydrogen-bond acceptors (Lipinski definition) is 3. The van der Waals surface area contributed by atoms with E-state index in [9.17, 15) is 8.42 Å². The molecule has 0 amide bonds. The van der Waals surface area contributed by atoms with Crippen molar-refractivity contribution in [1.82, 2.24) is 4.31 Å². The lowest BCUT2D eigenvalue weighted by molar-refractivity contribution is -0.918. The third-order valence-corrected chi connectivity index (χ3v) is 6.33. The predicted octanol–water partition coefficient (Wildman–Crippen LogP) is 0.795. The van der Waals surface area contributed by atoms with Gasteiger partial charge >= 0.3 is 0 Å². The normalized spacial score (nSPS) is 19.1. The van der Waals surface area contributed by atoms with Crippen LogP contribution in [0.3, 0.4) is 0 Å². The summed E-state index contributed by atoms with van der Waals surface area (Å²) in [5.41, 5.74) is 0. The maximum absolute atomic E-state index is 12.5. The summed E-state index contributed by atoms with van der Waals surface area (Å²) in [7, 11) is -3.56. The van der Waals surface area contributed by atoms with Crippen LogP contribution >= 0.6 is 23.2 Å². The Kier molecular flexibility index (Phi) is 5.12. The fourth-order valence-corrected chi connectivity index (χ4v) is 4.16. The van der Waals surface area contributed by atoms with E-state index in [0.717, 1.165) is 4.90 Å². The minimum Gasteiger partial charge on any atom is -0.319 e. The number of quaternary nitrogens is 1. The van der Waals surface area contributed by atoms with E-state index in [1.54, 1.807) is 0 Å². The van der Waals surface area contributed by atoms with Gasteiger partial charge in [0.2, 0.25) is 10.0 Å². The van der Waals surface area contributed by atoms with Crippen molar-refractivity contribution in [2.75, 3.05) is 26.2 Å². The summed E-state index contributed by atoms with van der Waals surface area (Å²) < 4.78 is 26.5. The molecule has 0 unspecified atom stereocenters. The topological polar surface area (TPSA) is 65.6 Å². The van der Waals surface area contributed by atoms with Crippen LogP contribution in [0.15, 0.2) is 23.1 Å². The molecule has 2 rings (SSSR count). The van der Waals surface area contributed by atoms with Crippen LogP contribution in [0.25, 0.3) is 0 Å². The van der Waals surface area contributed by atoms with E-state index < -0.39 is 10.0 Å². The van der Waals surface area contributed by atoms with E-state index in [2.05, 4.69) is 6.07 Å². The third-order valence-electron chi connectivity index (χ3n) is 3.70. The molecule has 1 aliphatic heterocycles. The SMILES string of the molecule is C[C@H](C#N)[NH+]1CCN(S(=O)(=O)c2ccc(Cl)c(Cl)c2)CC1. The smallest absolute Gasteiger partial charge is 0.243 e. The maximum Gasteiger partial charge on any atom is 0.243 e. The quantitative estimate of drug-likeness (QED) is 0.878. The molecule has 0 aromatic heterocycles. The molecule has 0 radical (unpaired) electrons. The van der Waals surface area contributed by atoms with Gasteiger partial charge in [-0.2, -0.15) is 9.57 Å². The van der Waals surface area contributed by atoms with E-state index in [0.29, 0.717) is 31.2 Å². The molecule has 1 saturated heterocycles. The molecule has 0 aliphatic carbocycles. The molecule has 8 heteroatoms. The van der Waals surface area contributed by atoms with Gasteiger partial charge < -0.3 is 4.90 Å². The maximum atomic E-state index is 12.5. The van der Waals surface area contributed by atoms with E-state index in [1.807, 2.05) is 6.92 Å². The first-order valence-corrected chi connectivity index (χ1v) is 8.75. The first kappa shape index (κ1) is 16.5. The van der Waals surface area contributed by atoms with Crippen LogP contribution < -0.4 is 4.90 Å². The fourth-order valence-electron chi connectivity index (χ4n) is 2.32. The molecule has 1 N–H and O–H groups in total. The van der Waals surface area contributed by atoms with Gasteiger partial charge in [-0.3, -0.25) is 0 Å². The highest BCUT2D eigenvalue weighted by molar-refractivity contribution is 7.89. The Morgan fingerprint density at radius 1 is 1.29 bits per heavy atom. The first-order chi connectivity index (χ1) is 9.86. The number of nitriles is 1. The summed E-state index contributed by atoms with van der Waals surface area (Å²) in [6.07, 6.45) is 0. The summed E-state index contributed by atoms with van der Waals surface area (Å²) in [4.78, 5) is 1.26. The Morgan fingerprint density at radius 2 is 1.90 bits per heavy atom. The minimum atomic E-state index is -3.56. The highest BCUT2D eigenvalue weighted by Crippen LogP contribution is 2.26. The van der Waals surface area contributed by atoms with E-state index in [1.165, 1.54) is 22.5 Å². The molecule has 1 aromatic rings. The van der Waals surface area contributed by atoms with Crippen molar-refractivity contribution in [3.05, 3.63) is 28.2 Å².